The molecule has 6 nitrogen and oxygen atoms in total. The third-order valence-electron chi connectivity index (χ3n) is 3.32. The van der Waals surface area contributed by atoms with Gasteiger partial charge in [-0.3, -0.25) is 4.79 Å². The van der Waals surface area contributed by atoms with E-state index in [0.717, 1.165) is 5.65 Å². The number of aromatic nitrogens is 4. The number of imidazole rings is 1. The fourth-order valence-electron chi connectivity index (χ4n) is 2.19. The SMILES string of the molecule is C[Si](C)(C)n1cnc2c(NC(=O)c3ccccc3)ncnc21. The number of rotatable bonds is 3. The molecule has 7 heteroatoms. The van der Waals surface area contributed by atoms with Crippen molar-refractivity contribution in [1.82, 2.24) is 19.2 Å². The average Bonchev–Trinajstić information content (AvgIpc) is 2.93. The molecule has 3 rings (SSSR count). The van der Waals surface area contributed by atoms with Crippen LogP contribution in [-0.2, 0) is 0 Å². The molecule has 0 bridgehead atoms. The van der Waals surface area contributed by atoms with Crippen molar-refractivity contribution in [2.75, 3.05) is 5.32 Å². The van der Waals surface area contributed by atoms with Gasteiger partial charge in [-0.15, -0.1) is 0 Å². The molecule has 0 aliphatic carbocycles. The second kappa shape index (κ2) is 5.34. The minimum absolute atomic E-state index is 0.205. The van der Waals surface area contributed by atoms with Gasteiger partial charge < -0.3 is 9.55 Å². The van der Waals surface area contributed by atoms with Gasteiger partial charge in [0.1, 0.15) is 11.8 Å². The lowest BCUT2D eigenvalue weighted by Crippen LogP contribution is -2.31. The fourth-order valence-corrected chi connectivity index (χ4v) is 3.39. The predicted molar refractivity (Wildman–Crippen MR) is 88.5 cm³/mol. The number of carbonyl (C=O) groups is 1. The van der Waals surface area contributed by atoms with E-state index in [1.165, 1.54) is 6.33 Å². The Morgan fingerprint density at radius 3 is 2.50 bits per heavy atom. The normalized spacial score (nSPS) is 11.6. The van der Waals surface area contributed by atoms with Crippen LogP contribution in [0.3, 0.4) is 0 Å². The molecule has 0 saturated heterocycles. The summed E-state index contributed by atoms with van der Waals surface area (Å²) in [7, 11) is -1.62. The summed E-state index contributed by atoms with van der Waals surface area (Å²) in [5.74, 6) is 0.235. The first-order valence-electron chi connectivity index (χ1n) is 7.02. The van der Waals surface area contributed by atoms with Gasteiger partial charge in [0.2, 0.25) is 0 Å². The van der Waals surface area contributed by atoms with Gasteiger partial charge in [-0.2, -0.15) is 0 Å². The summed E-state index contributed by atoms with van der Waals surface area (Å²) in [4.78, 5) is 25.1. The molecule has 1 N–H and O–H groups in total. The van der Waals surface area contributed by atoms with Crippen molar-refractivity contribution in [2.45, 2.75) is 19.6 Å². The summed E-state index contributed by atoms with van der Waals surface area (Å²) in [5, 5.41) is 2.82. The van der Waals surface area contributed by atoms with Crippen molar-refractivity contribution in [1.29, 1.82) is 0 Å². The zero-order chi connectivity index (χ0) is 15.7. The Bertz CT molecular complexity index is 823. The number of benzene rings is 1. The highest BCUT2D eigenvalue weighted by Gasteiger charge is 2.21. The number of amides is 1. The molecule has 1 aromatic carbocycles. The van der Waals surface area contributed by atoms with Gasteiger partial charge in [0, 0.05) is 5.56 Å². The standard InChI is InChI=1S/C15H17N5OSi/c1-22(2,3)20-10-18-12-13(16-9-17-14(12)20)19-15(21)11-7-5-4-6-8-11/h4-10H,1-3H3,(H,16,17,19,21). The van der Waals surface area contributed by atoms with Gasteiger partial charge >= 0.3 is 0 Å². The van der Waals surface area contributed by atoms with Gasteiger partial charge in [0.05, 0.1) is 6.33 Å². The van der Waals surface area contributed by atoms with Crippen LogP contribution in [0.2, 0.25) is 19.6 Å². The minimum atomic E-state index is -1.62. The Morgan fingerprint density at radius 2 is 1.82 bits per heavy atom. The summed E-state index contributed by atoms with van der Waals surface area (Å²) in [6.45, 7) is 6.62. The molecule has 2 heterocycles. The summed E-state index contributed by atoms with van der Waals surface area (Å²) < 4.78 is 2.10. The van der Waals surface area contributed by atoms with E-state index in [0.29, 0.717) is 16.9 Å². The van der Waals surface area contributed by atoms with E-state index in [2.05, 4.69) is 44.1 Å². The number of fused-ring (bicyclic) bond motifs is 1. The van der Waals surface area contributed by atoms with E-state index in [9.17, 15) is 4.79 Å². The second-order valence-electron chi connectivity index (χ2n) is 6.00. The maximum atomic E-state index is 12.3. The van der Waals surface area contributed by atoms with Crippen molar-refractivity contribution in [2.24, 2.45) is 0 Å². The van der Waals surface area contributed by atoms with Crippen LogP contribution in [-0.4, -0.2) is 33.3 Å². The Labute approximate surface area is 129 Å². The molecule has 0 fully saturated rings. The number of carbonyl (C=O) groups excluding carboxylic acids is 1. The van der Waals surface area contributed by atoms with E-state index >= 15 is 0 Å². The topological polar surface area (TPSA) is 72.7 Å². The predicted octanol–water partition coefficient (Wildman–Crippen LogP) is 2.76. The molecule has 112 valence electrons. The summed E-state index contributed by atoms with van der Waals surface area (Å²) in [5.41, 5.74) is 1.96. The third kappa shape index (κ3) is 2.62. The number of hydrogen-bond acceptors (Lipinski definition) is 4. The quantitative estimate of drug-likeness (QED) is 0.755. The lowest BCUT2D eigenvalue weighted by Gasteiger charge is -2.18. The lowest BCUT2D eigenvalue weighted by atomic mass is 10.2. The highest BCUT2D eigenvalue weighted by atomic mass is 28.3. The van der Waals surface area contributed by atoms with Gasteiger partial charge in [0.25, 0.3) is 5.91 Å². The van der Waals surface area contributed by atoms with Crippen LogP contribution in [0.4, 0.5) is 5.82 Å². The van der Waals surface area contributed by atoms with Gasteiger partial charge in [0.15, 0.2) is 19.7 Å². The van der Waals surface area contributed by atoms with E-state index in [1.807, 2.05) is 18.2 Å². The Hall–Kier alpha value is -2.54. The van der Waals surface area contributed by atoms with Gasteiger partial charge in [-0.05, 0) is 12.1 Å². The summed E-state index contributed by atoms with van der Waals surface area (Å²) in [6, 6.07) is 9.03. The first-order chi connectivity index (χ1) is 10.5. The molecule has 0 aliphatic rings. The molecular formula is C15H17N5OSi. The Balaban J connectivity index is 1.99. The third-order valence-corrected chi connectivity index (χ3v) is 5.10. The second-order valence-corrected chi connectivity index (χ2v) is 10.8. The first kappa shape index (κ1) is 14.4. The number of nitrogens with one attached hydrogen (secondary N) is 1. The highest BCUT2D eigenvalue weighted by molar-refractivity contribution is 6.75. The maximum absolute atomic E-state index is 12.3. The van der Waals surface area contributed by atoms with Crippen LogP contribution in [0.25, 0.3) is 11.2 Å². The zero-order valence-corrected chi connectivity index (χ0v) is 13.7. The molecule has 0 saturated carbocycles. The van der Waals surface area contributed by atoms with E-state index in [1.54, 1.807) is 18.5 Å². The smallest absolute Gasteiger partial charge is 0.256 e. The summed E-state index contributed by atoms with van der Waals surface area (Å²) in [6.07, 6.45) is 3.24. The largest absolute Gasteiger partial charge is 0.344 e. The fraction of sp³-hybridized carbons (Fsp3) is 0.200. The minimum Gasteiger partial charge on any atom is -0.344 e. The van der Waals surface area contributed by atoms with Crippen molar-refractivity contribution in [3.05, 3.63) is 48.5 Å². The van der Waals surface area contributed by atoms with Crippen molar-refractivity contribution < 1.29 is 4.79 Å². The molecule has 0 spiro atoms. The first-order valence-corrected chi connectivity index (χ1v) is 10.5. The molecule has 22 heavy (non-hydrogen) atoms. The highest BCUT2D eigenvalue weighted by Crippen LogP contribution is 2.21. The van der Waals surface area contributed by atoms with Crippen molar-refractivity contribution in [3.63, 3.8) is 0 Å². The lowest BCUT2D eigenvalue weighted by molar-refractivity contribution is 0.102. The van der Waals surface area contributed by atoms with Crippen molar-refractivity contribution in [3.8, 4) is 0 Å². The molecule has 1 amide bonds. The van der Waals surface area contributed by atoms with Crippen LogP contribution < -0.4 is 5.32 Å². The zero-order valence-electron chi connectivity index (χ0n) is 12.7. The van der Waals surface area contributed by atoms with Gasteiger partial charge in [-0.1, -0.05) is 37.8 Å². The molecule has 3 aromatic rings. The van der Waals surface area contributed by atoms with Crippen molar-refractivity contribution >= 4 is 31.1 Å². The monoisotopic (exact) mass is 311 g/mol. The van der Waals surface area contributed by atoms with Crippen LogP contribution >= 0.6 is 0 Å². The Kier molecular flexibility index (Phi) is 3.49. The molecule has 0 atom stereocenters. The molecule has 2 aromatic heterocycles. The molecule has 0 aliphatic heterocycles. The number of nitrogens with zero attached hydrogens (tertiary/aromatic N) is 4. The van der Waals surface area contributed by atoms with E-state index < -0.39 is 8.24 Å². The average molecular weight is 311 g/mol. The molecule has 0 radical (unpaired) electrons. The molecule has 0 unspecified atom stereocenters. The van der Waals surface area contributed by atoms with E-state index in [-0.39, 0.29) is 5.91 Å². The maximum Gasteiger partial charge on any atom is 0.256 e. The van der Waals surface area contributed by atoms with Crippen LogP contribution in [0.15, 0.2) is 43.0 Å². The van der Waals surface area contributed by atoms with Gasteiger partial charge in [-0.25, -0.2) is 15.0 Å². The van der Waals surface area contributed by atoms with E-state index in [4.69, 9.17) is 0 Å². The van der Waals surface area contributed by atoms with Crippen LogP contribution in [0.5, 0.6) is 0 Å². The van der Waals surface area contributed by atoms with Crippen LogP contribution in [0.1, 0.15) is 10.4 Å². The number of hydrogen-bond donors (Lipinski definition) is 1. The Morgan fingerprint density at radius 1 is 1.09 bits per heavy atom. The van der Waals surface area contributed by atoms with Crippen LogP contribution in [0, 0.1) is 0 Å². The summed E-state index contributed by atoms with van der Waals surface area (Å²) >= 11 is 0. The number of anilines is 1. The molecular weight excluding hydrogens is 294 g/mol.